The SMILES string of the molecule is Fc1ccc(C(F)C2CCCN2)cc1F. The highest BCUT2D eigenvalue weighted by Gasteiger charge is 2.26. The number of hydrogen-bond donors (Lipinski definition) is 1. The van der Waals surface area contributed by atoms with E-state index in [1.807, 2.05) is 0 Å². The lowest BCUT2D eigenvalue weighted by molar-refractivity contribution is 0.270. The summed E-state index contributed by atoms with van der Waals surface area (Å²) in [6.45, 7) is 0.786. The fourth-order valence-corrected chi connectivity index (χ4v) is 1.88. The van der Waals surface area contributed by atoms with Crippen molar-refractivity contribution in [1.82, 2.24) is 5.32 Å². The van der Waals surface area contributed by atoms with Gasteiger partial charge in [0, 0.05) is 6.04 Å². The summed E-state index contributed by atoms with van der Waals surface area (Å²) in [5.41, 5.74) is 0.202. The number of rotatable bonds is 2. The first-order valence-corrected chi connectivity index (χ1v) is 5.01. The molecule has 1 aromatic rings. The third-order valence-electron chi connectivity index (χ3n) is 2.71. The Bertz CT molecular complexity index is 348. The second kappa shape index (κ2) is 4.23. The van der Waals surface area contributed by atoms with Gasteiger partial charge in [-0.25, -0.2) is 13.2 Å². The van der Waals surface area contributed by atoms with Gasteiger partial charge in [0.25, 0.3) is 0 Å². The molecule has 0 amide bonds. The zero-order valence-electron chi connectivity index (χ0n) is 8.14. The monoisotopic (exact) mass is 215 g/mol. The summed E-state index contributed by atoms with van der Waals surface area (Å²) in [5.74, 6) is -1.93. The molecule has 2 rings (SSSR count). The molecule has 0 bridgehead atoms. The predicted octanol–water partition coefficient (Wildman–Crippen LogP) is 2.73. The van der Waals surface area contributed by atoms with Crippen molar-refractivity contribution in [3.8, 4) is 0 Å². The van der Waals surface area contributed by atoms with Crippen LogP contribution in [0.3, 0.4) is 0 Å². The Morgan fingerprint density at radius 1 is 1.27 bits per heavy atom. The van der Waals surface area contributed by atoms with Crippen molar-refractivity contribution in [3.63, 3.8) is 0 Å². The van der Waals surface area contributed by atoms with Crippen molar-refractivity contribution in [3.05, 3.63) is 35.4 Å². The predicted molar refractivity (Wildman–Crippen MR) is 51.2 cm³/mol. The molecule has 4 heteroatoms. The Labute approximate surface area is 86.3 Å². The Balaban J connectivity index is 2.17. The summed E-state index contributed by atoms with van der Waals surface area (Å²) in [6, 6.07) is 2.92. The molecule has 1 fully saturated rings. The molecule has 0 spiro atoms. The first-order chi connectivity index (χ1) is 7.18. The van der Waals surface area contributed by atoms with Crippen molar-refractivity contribution >= 4 is 0 Å². The molecule has 0 aliphatic carbocycles. The van der Waals surface area contributed by atoms with Crippen LogP contribution in [0.2, 0.25) is 0 Å². The zero-order chi connectivity index (χ0) is 10.8. The van der Waals surface area contributed by atoms with Gasteiger partial charge < -0.3 is 5.32 Å². The highest BCUT2D eigenvalue weighted by Crippen LogP contribution is 2.27. The maximum Gasteiger partial charge on any atom is 0.159 e. The average Bonchev–Trinajstić information content (AvgIpc) is 2.74. The molecule has 1 saturated heterocycles. The van der Waals surface area contributed by atoms with Crippen LogP contribution in [0.25, 0.3) is 0 Å². The van der Waals surface area contributed by atoms with Crippen LogP contribution in [0.1, 0.15) is 24.6 Å². The molecular weight excluding hydrogens is 203 g/mol. The van der Waals surface area contributed by atoms with Crippen LogP contribution < -0.4 is 5.32 Å². The van der Waals surface area contributed by atoms with Crippen LogP contribution in [0.4, 0.5) is 13.2 Å². The largest absolute Gasteiger partial charge is 0.311 e. The van der Waals surface area contributed by atoms with Crippen molar-refractivity contribution in [1.29, 1.82) is 0 Å². The second-order valence-corrected chi connectivity index (χ2v) is 3.78. The maximum absolute atomic E-state index is 13.8. The van der Waals surface area contributed by atoms with Crippen LogP contribution in [-0.4, -0.2) is 12.6 Å². The molecule has 0 saturated carbocycles. The summed E-state index contributed by atoms with van der Waals surface area (Å²) >= 11 is 0. The highest BCUT2D eigenvalue weighted by molar-refractivity contribution is 5.21. The quantitative estimate of drug-likeness (QED) is 0.799. The molecule has 1 N–H and O–H groups in total. The topological polar surface area (TPSA) is 12.0 Å². The normalized spacial score (nSPS) is 23.0. The van der Waals surface area contributed by atoms with Crippen LogP contribution in [0, 0.1) is 11.6 Å². The molecule has 82 valence electrons. The Morgan fingerprint density at radius 2 is 2.07 bits per heavy atom. The minimum atomic E-state index is -1.26. The fourth-order valence-electron chi connectivity index (χ4n) is 1.88. The molecule has 1 aliphatic rings. The third-order valence-corrected chi connectivity index (χ3v) is 2.71. The van der Waals surface area contributed by atoms with Gasteiger partial charge in [-0.05, 0) is 37.1 Å². The van der Waals surface area contributed by atoms with E-state index in [1.54, 1.807) is 0 Å². The van der Waals surface area contributed by atoms with Crippen molar-refractivity contribution in [2.24, 2.45) is 0 Å². The van der Waals surface area contributed by atoms with E-state index in [-0.39, 0.29) is 11.6 Å². The Hall–Kier alpha value is -1.03. The van der Waals surface area contributed by atoms with E-state index in [2.05, 4.69) is 5.32 Å². The number of halogens is 3. The van der Waals surface area contributed by atoms with Gasteiger partial charge in [-0.2, -0.15) is 0 Å². The van der Waals surface area contributed by atoms with Crippen LogP contribution >= 0.6 is 0 Å². The van der Waals surface area contributed by atoms with E-state index in [0.29, 0.717) is 0 Å². The van der Waals surface area contributed by atoms with E-state index in [9.17, 15) is 13.2 Å². The molecule has 15 heavy (non-hydrogen) atoms. The summed E-state index contributed by atoms with van der Waals surface area (Å²) in [4.78, 5) is 0. The fraction of sp³-hybridized carbons (Fsp3) is 0.455. The second-order valence-electron chi connectivity index (χ2n) is 3.78. The van der Waals surface area contributed by atoms with E-state index < -0.39 is 17.8 Å². The summed E-state index contributed by atoms with van der Waals surface area (Å²) in [5, 5.41) is 3.00. The summed E-state index contributed by atoms with van der Waals surface area (Å²) in [6.07, 6.45) is 0.400. The Kier molecular flexibility index (Phi) is 2.95. The van der Waals surface area contributed by atoms with Gasteiger partial charge in [0.15, 0.2) is 11.6 Å². The minimum Gasteiger partial charge on any atom is -0.311 e. The van der Waals surface area contributed by atoms with Gasteiger partial charge in [0.1, 0.15) is 6.17 Å². The molecule has 1 nitrogen and oxygen atoms in total. The first-order valence-electron chi connectivity index (χ1n) is 5.01. The summed E-state index contributed by atoms with van der Waals surface area (Å²) in [7, 11) is 0. The van der Waals surface area contributed by atoms with E-state index in [0.717, 1.165) is 31.5 Å². The Morgan fingerprint density at radius 3 is 2.67 bits per heavy atom. The lowest BCUT2D eigenvalue weighted by Gasteiger charge is -2.16. The van der Waals surface area contributed by atoms with Crippen LogP contribution in [0.5, 0.6) is 0 Å². The van der Waals surface area contributed by atoms with Gasteiger partial charge in [0.2, 0.25) is 0 Å². The average molecular weight is 215 g/mol. The van der Waals surface area contributed by atoms with Gasteiger partial charge in [-0.1, -0.05) is 6.07 Å². The lowest BCUT2D eigenvalue weighted by Crippen LogP contribution is -2.26. The molecule has 1 heterocycles. The summed E-state index contributed by atoms with van der Waals surface area (Å²) < 4.78 is 39.3. The molecule has 2 atom stereocenters. The first kappa shape index (κ1) is 10.5. The third kappa shape index (κ3) is 2.15. The van der Waals surface area contributed by atoms with Crippen molar-refractivity contribution < 1.29 is 13.2 Å². The smallest absolute Gasteiger partial charge is 0.159 e. The standard InChI is InChI=1S/C11H12F3N/c12-8-4-3-7(6-9(8)13)11(14)10-2-1-5-15-10/h3-4,6,10-11,15H,1-2,5H2. The van der Waals surface area contributed by atoms with Gasteiger partial charge >= 0.3 is 0 Å². The van der Waals surface area contributed by atoms with Crippen molar-refractivity contribution in [2.45, 2.75) is 25.1 Å². The number of nitrogens with one attached hydrogen (secondary N) is 1. The molecule has 2 unspecified atom stereocenters. The molecule has 1 aliphatic heterocycles. The van der Waals surface area contributed by atoms with Crippen molar-refractivity contribution in [2.75, 3.05) is 6.54 Å². The van der Waals surface area contributed by atoms with Crippen LogP contribution in [0.15, 0.2) is 18.2 Å². The molecule has 0 radical (unpaired) electrons. The molecule has 0 aromatic heterocycles. The maximum atomic E-state index is 13.8. The van der Waals surface area contributed by atoms with Gasteiger partial charge in [-0.3, -0.25) is 0 Å². The zero-order valence-corrected chi connectivity index (χ0v) is 8.14. The van der Waals surface area contributed by atoms with Crippen LogP contribution in [-0.2, 0) is 0 Å². The van der Waals surface area contributed by atoms with E-state index in [1.165, 1.54) is 6.07 Å². The minimum absolute atomic E-state index is 0.202. The number of hydrogen-bond acceptors (Lipinski definition) is 1. The molecular formula is C11H12F3N. The van der Waals surface area contributed by atoms with E-state index >= 15 is 0 Å². The van der Waals surface area contributed by atoms with Gasteiger partial charge in [-0.15, -0.1) is 0 Å². The number of alkyl halides is 1. The van der Waals surface area contributed by atoms with Gasteiger partial charge in [0.05, 0.1) is 0 Å². The molecule has 1 aromatic carbocycles. The number of benzene rings is 1. The highest BCUT2D eigenvalue weighted by atomic mass is 19.2. The van der Waals surface area contributed by atoms with E-state index in [4.69, 9.17) is 0 Å². The lowest BCUT2D eigenvalue weighted by atomic mass is 10.0.